The average molecular weight is 221 g/mol. The third-order valence-corrected chi connectivity index (χ3v) is 2.17. The van der Waals surface area contributed by atoms with Crippen LogP contribution in [-0.4, -0.2) is 29.7 Å². The number of rotatable bonds is 4. The van der Waals surface area contributed by atoms with Gasteiger partial charge in [-0.05, 0) is 23.8 Å². The molecule has 0 heterocycles. The van der Waals surface area contributed by atoms with Gasteiger partial charge in [0.2, 0.25) is 0 Å². The molecule has 0 aliphatic heterocycles. The minimum Gasteiger partial charge on any atom is -0.497 e. The Bertz CT molecular complexity index is 424. The molecule has 2 unspecified atom stereocenters. The van der Waals surface area contributed by atoms with E-state index in [1.165, 1.54) is 25.3 Å². The molecule has 0 amide bonds. The van der Waals surface area contributed by atoms with Gasteiger partial charge in [-0.3, -0.25) is 4.79 Å². The smallest absolute Gasteiger partial charge is 0.170 e. The Morgan fingerprint density at radius 1 is 1.50 bits per heavy atom. The van der Waals surface area contributed by atoms with Gasteiger partial charge in [-0.2, -0.15) is 5.26 Å². The summed E-state index contributed by atoms with van der Waals surface area (Å²) >= 11 is 0. The maximum atomic E-state index is 10.7. The van der Waals surface area contributed by atoms with Crippen molar-refractivity contribution in [3.05, 3.63) is 29.3 Å². The number of hydrogen-bond donors (Lipinski definition) is 2. The second-order valence-corrected chi connectivity index (χ2v) is 3.13. The lowest BCUT2D eigenvalue weighted by molar-refractivity contribution is 0.0521. The van der Waals surface area contributed by atoms with Crippen molar-refractivity contribution in [2.24, 2.45) is 0 Å². The van der Waals surface area contributed by atoms with Gasteiger partial charge in [-0.15, -0.1) is 0 Å². The van der Waals surface area contributed by atoms with Crippen LogP contribution in [0.5, 0.6) is 5.75 Å². The summed E-state index contributed by atoms with van der Waals surface area (Å²) in [4.78, 5) is 10.7. The standard InChI is InChI=1S/C11H11NO4/c1-16-8-3-2-7(6-13)9(4-8)11(15)10(14)5-12/h2-4,6,10-11,14-15H,1H3. The molecule has 0 saturated heterocycles. The number of nitriles is 1. The molecular weight excluding hydrogens is 210 g/mol. The van der Waals surface area contributed by atoms with Crippen LogP contribution >= 0.6 is 0 Å². The molecule has 5 nitrogen and oxygen atoms in total. The number of carbonyl (C=O) groups excluding carboxylic acids is 1. The van der Waals surface area contributed by atoms with E-state index in [2.05, 4.69) is 0 Å². The summed E-state index contributed by atoms with van der Waals surface area (Å²) in [5.74, 6) is 0.435. The fourth-order valence-corrected chi connectivity index (χ4v) is 1.28. The number of nitrogens with zero attached hydrogens (tertiary/aromatic N) is 1. The fraction of sp³-hybridized carbons (Fsp3) is 0.273. The van der Waals surface area contributed by atoms with Crippen LogP contribution < -0.4 is 4.74 Å². The van der Waals surface area contributed by atoms with Crippen LogP contribution in [0.15, 0.2) is 18.2 Å². The number of aldehydes is 1. The molecule has 0 bridgehead atoms. The van der Waals surface area contributed by atoms with Gasteiger partial charge in [0.15, 0.2) is 6.10 Å². The molecule has 0 fully saturated rings. The second kappa shape index (κ2) is 5.26. The van der Waals surface area contributed by atoms with Gasteiger partial charge in [0.25, 0.3) is 0 Å². The first kappa shape index (κ1) is 12.2. The lowest BCUT2D eigenvalue weighted by Crippen LogP contribution is -2.17. The normalized spacial score (nSPS) is 13.6. The summed E-state index contributed by atoms with van der Waals surface area (Å²) in [5, 5.41) is 27.3. The maximum Gasteiger partial charge on any atom is 0.170 e. The summed E-state index contributed by atoms with van der Waals surface area (Å²) in [7, 11) is 1.44. The summed E-state index contributed by atoms with van der Waals surface area (Å²) in [6, 6.07) is 5.92. The summed E-state index contributed by atoms with van der Waals surface area (Å²) in [6.45, 7) is 0. The van der Waals surface area contributed by atoms with Crippen molar-refractivity contribution in [1.29, 1.82) is 5.26 Å². The SMILES string of the molecule is COc1ccc(C=O)c(C(O)C(O)C#N)c1. The number of ether oxygens (including phenoxy) is 1. The molecule has 84 valence electrons. The third kappa shape index (κ3) is 2.37. The van der Waals surface area contributed by atoms with E-state index in [9.17, 15) is 15.0 Å². The number of carbonyl (C=O) groups is 1. The van der Waals surface area contributed by atoms with E-state index in [1.54, 1.807) is 6.07 Å². The molecule has 0 saturated carbocycles. The van der Waals surface area contributed by atoms with Crippen LogP contribution in [0.2, 0.25) is 0 Å². The van der Waals surface area contributed by atoms with Gasteiger partial charge < -0.3 is 14.9 Å². The van der Waals surface area contributed by atoms with Crippen molar-refractivity contribution in [3.8, 4) is 11.8 Å². The fourth-order valence-electron chi connectivity index (χ4n) is 1.28. The Morgan fingerprint density at radius 2 is 2.19 bits per heavy atom. The minimum atomic E-state index is -1.58. The molecule has 0 radical (unpaired) electrons. The van der Waals surface area contributed by atoms with Crippen molar-refractivity contribution in [2.75, 3.05) is 7.11 Å². The monoisotopic (exact) mass is 221 g/mol. The van der Waals surface area contributed by atoms with Crippen molar-refractivity contribution in [3.63, 3.8) is 0 Å². The van der Waals surface area contributed by atoms with Gasteiger partial charge in [0.1, 0.15) is 18.1 Å². The minimum absolute atomic E-state index is 0.170. The quantitative estimate of drug-likeness (QED) is 0.568. The van der Waals surface area contributed by atoms with Crippen molar-refractivity contribution >= 4 is 6.29 Å². The van der Waals surface area contributed by atoms with Crippen molar-refractivity contribution in [2.45, 2.75) is 12.2 Å². The highest BCUT2D eigenvalue weighted by Gasteiger charge is 2.21. The Morgan fingerprint density at radius 3 is 2.69 bits per heavy atom. The van der Waals surface area contributed by atoms with E-state index in [1.807, 2.05) is 0 Å². The Labute approximate surface area is 92.5 Å². The Hall–Kier alpha value is -1.90. The number of methoxy groups -OCH3 is 1. The molecule has 0 aliphatic carbocycles. The van der Waals surface area contributed by atoms with E-state index in [0.29, 0.717) is 12.0 Å². The molecule has 16 heavy (non-hydrogen) atoms. The second-order valence-electron chi connectivity index (χ2n) is 3.13. The first-order chi connectivity index (χ1) is 7.63. The highest BCUT2D eigenvalue weighted by molar-refractivity contribution is 5.78. The summed E-state index contributed by atoms with van der Waals surface area (Å²) in [6.07, 6.45) is -2.46. The van der Waals surface area contributed by atoms with Gasteiger partial charge in [-0.25, -0.2) is 0 Å². The van der Waals surface area contributed by atoms with Crippen LogP contribution in [-0.2, 0) is 0 Å². The highest BCUT2D eigenvalue weighted by Crippen LogP contribution is 2.24. The van der Waals surface area contributed by atoms with Gasteiger partial charge in [0, 0.05) is 5.56 Å². The molecular formula is C11H11NO4. The van der Waals surface area contributed by atoms with Crippen molar-refractivity contribution < 1.29 is 19.7 Å². The molecule has 0 aromatic heterocycles. The number of aliphatic hydroxyl groups excluding tert-OH is 2. The zero-order valence-corrected chi connectivity index (χ0v) is 8.62. The van der Waals surface area contributed by atoms with E-state index < -0.39 is 12.2 Å². The van der Waals surface area contributed by atoms with E-state index in [-0.39, 0.29) is 11.1 Å². The summed E-state index contributed by atoms with van der Waals surface area (Å²) in [5.41, 5.74) is 0.381. The zero-order valence-electron chi connectivity index (χ0n) is 8.62. The van der Waals surface area contributed by atoms with Gasteiger partial charge >= 0.3 is 0 Å². The molecule has 2 atom stereocenters. The van der Waals surface area contributed by atoms with Crippen LogP contribution in [0.1, 0.15) is 22.0 Å². The number of aliphatic hydroxyl groups is 2. The van der Waals surface area contributed by atoms with Crippen molar-refractivity contribution in [1.82, 2.24) is 0 Å². The zero-order chi connectivity index (χ0) is 12.1. The summed E-state index contributed by atoms with van der Waals surface area (Å²) < 4.78 is 4.93. The van der Waals surface area contributed by atoms with E-state index in [4.69, 9.17) is 10.00 Å². The molecule has 5 heteroatoms. The largest absolute Gasteiger partial charge is 0.497 e. The van der Waals surface area contributed by atoms with Crippen LogP contribution in [0, 0.1) is 11.3 Å². The first-order valence-corrected chi connectivity index (χ1v) is 4.53. The Balaban J connectivity index is 3.18. The third-order valence-electron chi connectivity index (χ3n) is 2.17. The lowest BCUT2D eigenvalue weighted by Gasteiger charge is -2.15. The van der Waals surface area contributed by atoms with E-state index in [0.717, 1.165) is 0 Å². The van der Waals surface area contributed by atoms with Gasteiger partial charge in [0.05, 0.1) is 13.2 Å². The topological polar surface area (TPSA) is 90.6 Å². The molecule has 1 rings (SSSR count). The lowest BCUT2D eigenvalue weighted by atomic mass is 9.99. The molecule has 1 aromatic carbocycles. The molecule has 2 N–H and O–H groups in total. The molecule has 1 aromatic rings. The first-order valence-electron chi connectivity index (χ1n) is 4.53. The Kier molecular flexibility index (Phi) is 4.00. The predicted molar refractivity (Wildman–Crippen MR) is 55.0 cm³/mol. The maximum absolute atomic E-state index is 10.7. The average Bonchev–Trinajstić information content (AvgIpc) is 2.35. The number of hydrogen-bond acceptors (Lipinski definition) is 5. The van der Waals surface area contributed by atoms with Crippen LogP contribution in [0.25, 0.3) is 0 Å². The number of benzene rings is 1. The predicted octanol–water partition coefficient (Wildman–Crippen LogP) is 0.426. The molecule has 0 aliphatic rings. The van der Waals surface area contributed by atoms with Crippen LogP contribution in [0.4, 0.5) is 0 Å². The van der Waals surface area contributed by atoms with E-state index >= 15 is 0 Å². The van der Waals surface area contributed by atoms with Crippen LogP contribution in [0.3, 0.4) is 0 Å². The highest BCUT2D eigenvalue weighted by atomic mass is 16.5. The molecule has 0 spiro atoms. The van der Waals surface area contributed by atoms with Gasteiger partial charge in [-0.1, -0.05) is 0 Å².